The van der Waals surface area contributed by atoms with Gasteiger partial charge < -0.3 is 5.32 Å². The van der Waals surface area contributed by atoms with Crippen LogP contribution < -0.4 is 5.32 Å². The van der Waals surface area contributed by atoms with Crippen LogP contribution in [0.5, 0.6) is 0 Å². The molecule has 2 aromatic heterocycles. The van der Waals surface area contributed by atoms with Crippen LogP contribution in [-0.2, 0) is 0 Å². The van der Waals surface area contributed by atoms with Gasteiger partial charge in [0.1, 0.15) is 17.0 Å². The van der Waals surface area contributed by atoms with Gasteiger partial charge in [0.15, 0.2) is 0 Å². The Morgan fingerprint density at radius 2 is 1.95 bits per heavy atom. The van der Waals surface area contributed by atoms with E-state index < -0.39 is 0 Å². The standard InChI is InChI=1S/C13H9Cl2N3S/c1-7-4-9-12(16-6-17-13(9)19-7)18-8-2-3-10(14)11(15)5-8/h2-6H,1H3,(H,16,17,18). The number of aryl methyl sites for hydroxylation is 1. The van der Waals surface area contributed by atoms with E-state index >= 15 is 0 Å². The van der Waals surface area contributed by atoms with Crippen LogP contribution in [0.2, 0.25) is 10.0 Å². The summed E-state index contributed by atoms with van der Waals surface area (Å²) < 4.78 is 0. The molecule has 6 heteroatoms. The van der Waals surface area contributed by atoms with Crippen LogP contribution in [0.3, 0.4) is 0 Å². The first-order valence-electron chi connectivity index (χ1n) is 5.57. The Morgan fingerprint density at radius 1 is 1.11 bits per heavy atom. The Bertz CT molecular complexity index is 755. The van der Waals surface area contributed by atoms with E-state index in [4.69, 9.17) is 23.2 Å². The lowest BCUT2D eigenvalue weighted by Crippen LogP contribution is -1.94. The Morgan fingerprint density at radius 3 is 2.74 bits per heavy atom. The Balaban J connectivity index is 2.02. The monoisotopic (exact) mass is 309 g/mol. The van der Waals surface area contributed by atoms with Crippen molar-refractivity contribution in [3.05, 3.63) is 45.5 Å². The highest BCUT2D eigenvalue weighted by atomic mass is 35.5. The first kappa shape index (κ1) is 12.7. The lowest BCUT2D eigenvalue weighted by atomic mass is 10.3. The molecular weight excluding hydrogens is 301 g/mol. The van der Waals surface area contributed by atoms with Gasteiger partial charge in [-0.2, -0.15) is 0 Å². The number of rotatable bonds is 2. The molecule has 19 heavy (non-hydrogen) atoms. The van der Waals surface area contributed by atoms with Crippen LogP contribution in [0.1, 0.15) is 4.88 Å². The molecule has 0 spiro atoms. The second kappa shape index (κ2) is 4.96. The van der Waals surface area contributed by atoms with Gasteiger partial charge in [0.05, 0.1) is 15.4 Å². The Labute approximate surface area is 124 Å². The molecule has 0 amide bonds. The van der Waals surface area contributed by atoms with Gasteiger partial charge in [-0.1, -0.05) is 23.2 Å². The van der Waals surface area contributed by atoms with E-state index in [-0.39, 0.29) is 0 Å². The van der Waals surface area contributed by atoms with Crippen LogP contribution >= 0.6 is 34.5 Å². The number of hydrogen-bond donors (Lipinski definition) is 1. The van der Waals surface area contributed by atoms with E-state index in [1.807, 2.05) is 6.07 Å². The lowest BCUT2D eigenvalue weighted by molar-refractivity contribution is 1.23. The highest BCUT2D eigenvalue weighted by Gasteiger charge is 2.07. The Hall–Kier alpha value is -1.36. The number of thiophene rings is 1. The molecule has 3 aromatic rings. The minimum absolute atomic E-state index is 0.512. The first-order chi connectivity index (χ1) is 9.13. The topological polar surface area (TPSA) is 37.8 Å². The molecule has 3 nitrogen and oxygen atoms in total. The third kappa shape index (κ3) is 2.52. The van der Waals surface area contributed by atoms with Gasteiger partial charge in [0.25, 0.3) is 0 Å². The van der Waals surface area contributed by atoms with Gasteiger partial charge in [0, 0.05) is 10.6 Å². The molecular formula is C13H9Cl2N3S. The maximum absolute atomic E-state index is 6.00. The summed E-state index contributed by atoms with van der Waals surface area (Å²) in [6.45, 7) is 2.05. The minimum Gasteiger partial charge on any atom is -0.340 e. The van der Waals surface area contributed by atoms with Crippen molar-refractivity contribution in [1.82, 2.24) is 9.97 Å². The molecule has 0 unspecified atom stereocenters. The predicted octanol–water partition coefficient (Wildman–Crippen LogP) is 5.05. The third-order valence-corrected chi connectivity index (χ3v) is 4.33. The van der Waals surface area contributed by atoms with Crippen molar-refractivity contribution in [2.75, 3.05) is 5.32 Å². The summed E-state index contributed by atoms with van der Waals surface area (Å²) in [5, 5.41) is 5.30. The molecule has 0 aliphatic heterocycles. The molecule has 0 atom stereocenters. The van der Waals surface area contributed by atoms with Crippen molar-refractivity contribution in [2.45, 2.75) is 6.92 Å². The molecule has 1 aromatic carbocycles. The summed E-state index contributed by atoms with van der Waals surface area (Å²) >= 11 is 13.5. The molecule has 0 aliphatic carbocycles. The maximum Gasteiger partial charge on any atom is 0.142 e. The smallest absolute Gasteiger partial charge is 0.142 e. The highest BCUT2D eigenvalue weighted by Crippen LogP contribution is 2.31. The van der Waals surface area contributed by atoms with E-state index in [1.165, 1.54) is 4.88 Å². The van der Waals surface area contributed by atoms with Crippen molar-refractivity contribution in [1.29, 1.82) is 0 Å². The average molecular weight is 310 g/mol. The van der Waals surface area contributed by atoms with Gasteiger partial charge >= 0.3 is 0 Å². The summed E-state index contributed by atoms with van der Waals surface area (Å²) in [4.78, 5) is 10.7. The molecule has 0 saturated carbocycles. The number of anilines is 2. The molecule has 0 bridgehead atoms. The normalized spacial score (nSPS) is 10.9. The highest BCUT2D eigenvalue weighted by molar-refractivity contribution is 7.18. The molecule has 0 fully saturated rings. The van der Waals surface area contributed by atoms with Crippen molar-refractivity contribution < 1.29 is 0 Å². The zero-order chi connectivity index (χ0) is 13.4. The van der Waals surface area contributed by atoms with Gasteiger partial charge in [-0.05, 0) is 31.2 Å². The number of fused-ring (bicyclic) bond motifs is 1. The number of halogens is 2. The number of hydrogen-bond acceptors (Lipinski definition) is 4. The van der Waals surface area contributed by atoms with E-state index in [9.17, 15) is 0 Å². The third-order valence-electron chi connectivity index (χ3n) is 2.63. The van der Waals surface area contributed by atoms with E-state index in [2.05, 4.69) is 28.3 Å². The van der Waals surface area contributed by atoms with Crippen LogP contribution in [0.4, 0.5) is 11.5 Å². The number of aromatic nitrogens is 2. The minimum atomic E-state index is 0.512. The summed E-state index contributed by atoms with van der Waals surface area (Å²) in [6.07, 6.45) is 1.55. The van der Waals surface area contributed by atoms with Crippen LogP contribution in [0, 0.1) is 6.92 Å². The fourth-order valence-electron chi connectivity index (χ4n) is 1.79. The average Bonchev–Trinajstić information content (AvgIpc) is 2.75. The SMILES string of the molecule is Cc1cc2c(Nc3ccc(Cl)c(Cl)c3)ncnc2s1. The largest absolute Gasteiger partial charge is 0.340 e. The second-order valence-corrected chi connectivity index (χ2v) is 6.10. The number of nitrogens with zero attached hydrogens (tertiary/aromatic N) is 2. The predicted molar refractivity (Wildman–Crippen MR) is 81.9 cm³/mol. The maximum atomic E-state index is 6.00. The fourth-order valence-corrected chi connectivity index (χ4v) is 2.93. The van der Waals surface area contributed by atoms with Crippen LogP contribution in [-0.4, -0.2) is 9.97 Å². The summed E-state index contributed by atoms with van der Waals surface area (Å²) in [6, 6.07) is 7.46. The number of benzene rings is 1. The zero-order valence-electron chi connectivity index (χ0n) is 9.95. The number of nitrogens with one attached hydrogen (secondary N) is 1. The van der Waals surface area contributed by atoms with E-state index in [0.29, 0.717) is 10.0 Å². The summed E-state index contributed by atoms with van der Waals surface area (Å²) in [7, 11) is 0. The quantitative estimate of drug-likeness (QED) is 0.719. The van der Waals surface area contributed by atoms with Crippen LogP contribution in [0.25, 0.3) is 10.2 Å². The van der Waals surface area contributed by atoms with E-state index in [0.717, 1.165) is 21.7 Å². The van der Waals surface area contributed by atoms with E-state index in [1.54, 1.807) is 29.8 Å². The first-order valence-corrected chi connectivity index (χ1v) is 7.14. The van der Waals surface area contributed by atoms with Gasteiger partial charge in [-0.3, -0.25) is 0 Å². The van der Waals surface area contributed by atoms with Gasteiger partial charge in [-0.25, -0.2) is 9.97 Å². The fraction of sp³-hybridized carbons (Fsp3) is 0.0769. The lowest BCUT2D eigenvalue weighted by Gasteiger charge is -2.07. The van der Waals surface area contributed by atoms with Crippen LogP contribution in [0.15, 0.2) is 30.6 Å². The van der Waals surface area contributed by atoms with Crippen molar-refractivity contribution in [2.24, 2.45) is 0 Å². The zero-order valence-corrected chi connectivity index (χ0v) is 12.3. The van der Waals surface area contributed by atoms with Crippen molar-refractivity contribution in [3.63, 3.8) is 0 Å². The molecule has 0 aliphatic rings. The molecule has 0 saturated heterocycles. The molecule has 3 rings (SSSR count). The second-order valence-electron chi connectivity index (χ2n) is 4.05. The van der Waals surface area contributed by atoms with Gasteiger partial charge in [0.2, 0.25) is 0 Å². The molecule has 0 radical (unpaired) electrons. The summed E-state index contributed by atoms with van der Waals surface area (Å²) in [5.41, 5.74) is 0.846. The Kier molecular flexibility index (Phi) is 3.31. The van der Waals surface area contributed by atoms with Crippen molar-refractivity contribution >= 4 is 56.3 Å². The van der Waals surface area contributed by atoms with Gasteiger partial charge in [-0.15, -0.1) is 11.3 Å². The molecule has 96 valence electrons. The summed E-state index contributed by atoms with van der Waals surface area (Å²) in [5.74, 6) is 0.771. The van der Waals surface area contributed by atoms with Crippen molar-refractivity contribution in [3.8, 4) is 0 Å². The molecule has 2 heterocycles. The molecule has 1 N–H and O–H groups in total.